The van der Waals surface area contributed by atoms with Crippen LogP contribution in [0.1, 0.15) is 33.6 Å². The van der Waals surface area contributed by atoms with Gasteiger partial charge in [0.15, 0.2) is 0 Å². The van der Waals surface area contributed by atoms with Gasteiger partial charge in [-0.3, -0.25) is 14.8 Å². The highest BCUT2D eigenvalue weighted by atomic mass is 35.5. The molecule has 0 heterocycles. The van der Waals surface area contributed by atoms with Crippen molar-refractivity contribution in [2.24, 2.45) is 11.3 Å². The van der Waals surface area contributed by atoms with Gasteiger partial charge in [-0.1, -0.05) is 32.4 Å². The van der Waals surface area contributed by atoms with E-state index in [1.165, 1.54) is 5.48 Å². The third-order valence-electron chi connectivity index (χ3n) is 4.02. The maximum absolute atomic E-state index is 12.5. The number of rotatable bonds is 9. The monoisotopic (exact) mass is 386 g/mol. The molecule has 1 rings (SSSR count). The van der Waals surface area contributed by atoms with E-state index in [1.54, 1.807) is 24.3 Å². The Labute approximate surface area is 158 Å². The van der Waals surface area contributed by atoms with Crippen LogP contribution < -0.4 is 15.5 Å². The summed E-state index contributed by atoms with van der Waals surface area (Å²) >= 11 is 5.81. The molecule has 8 heteroatoms. The molecular formula is C18H27ClN2O5. The molecule has 0 saturated carbocycles. The molecule has 0 aliphatic heterocycles. The number of ether oxygens (including phenoxy) is 1. The Hall–Kier alpha value is -1.83. The number of nitrogens with one attached hydrogen (secondary N) is 2. The van der Waals surface area contributed by atoms with E-state index in [0.29, 0.717) is 10.8 Å². The van der Waals surface area contributed by atoms with E-state index in [4.69, 9.17) is 21.5 Å². The average Bonchev–Trinajstić information content (AvgIpc) is 2.58. The van der Waals surface area contributed by atoms with Crippen LogP contribution in [0.25, 0.3) is 0 Å². The zero-order valence-electron chi connectivity index (χ0n) is 15.3. The summed E-state index contributed by atoms with van der Waals surface area (Å²) in [4.78, 5) is 24.0. The van der Waals surface area contributed by atoms with Crippen molar-refractivity contribution in [3.8, 4) is 5.75 Å². The maximum atomic E-state index is 12.5. The van der Waals surface area contributed by atoms with Gasteiger partial charge < -0.3 is 15.2 Å². The average molecular weight is 387 g/mol. The van der Waals surface area contributed by atoms with E-state index in [-0.39, 0.29) is 37.4 Å². The first kappa shape index (κ1) is 22.2. The number of carbonyl (C=O) groups is 2. The lowest BCUT2D eigenvalue weighted by molar-refractivity contribution is -0.135. The van der Waals surface area contributed by atoms with Crippen molar-refractivity contribution < 1.29 is 24.6 Å². The number of amides is 2. The van der Waals surface area contributed by atoms with Crippen LogP contribution in [0.3, 0.4) is 0 Å². The van der Waals surface area contributed by atoms with Crippen LogP contribution in [0, 0.1) is 11.3 Å². The van der Waals surface area contributed by atoms with E-state index < -0.39 is 17.9 Å². The third-order valence-corrected chi connectivity index (χ3v) is 4.27. The van der Waals surface area contributed by atoms with Gasteiger partial charge in [-0.15, -0.1) is 0 Å². The molecule has 1 aromatic rings. The van der Waals surface area contributed by atoms with Crippen molar-refractivity contribution in [3.63, 3.8) is 0 Å². The molecule has 0 bridgehead atoms. The predicted molar refractivity (Wildman–Crippen MR) is 98.1 cm³/mol. The molecule has 146 valence electrons. The van der Waals surface area contributed by atoms with Gasteiger partial charge >= 0.3 is 0 Å². The Balaban J connectivity index is 2.69. The highest BCUT2D eigenvalue weighted by Gasteiger charge is 2.29. The Kier molecular flexibility index (Phi) is 8.84. The summed E-state index contributed by atoms with van der Waals surface area (Å²) < 4.78 is 5.57. The quantitative estimate of drug-likeness (QED) is 0.384. The number of carbonyl (C=O) groups excluding carboxylic acids is 2. The van der Waals surface area contributed by atoms with Crippen LogP contribution >= 0.6 is 11.6 Å². The summed E-state index contributed by atoms with van der Waals surface area (Å²) in [6, 6.07) is 6.34. The fourth-order valence-electron chi connectivity index (χ4n) is 2.27. The van der Waals surface area contributed by atoms with Crippen molar-refractivity contribution in [1.82, 2.24) is 10.8 Å². The van der Waals surface area contributed by atoms with Crippen molar-refractivity contribution in [2.75, 3.05) is 13.2 Å². The second-order valence-electron chi connectivity index (χ2n) is 7.14. The summed E-state index contributed by atoms with van der Waals surface area (Å²) in [5.74, 6) is -1.14. The molecule has 0 unspecified atom stereocenters. The highest BCUT2D eigenvalue weighted by molar-refractivity contribution is 6.30. The molecule has 2 amide bonds. The molecule has 0 fully saturated rings. The summed E-state index contributed by atoms with van der Waals surface area (Å²) in [7, 11) is 0. The molecule has 0 saturated heterocycles. The molecular weight excluding hydrogens is 360 g/mol. The van der Waals surface area contributed by atoms with Gasteiger partial charge in [0.05, 0.1) is 19.3 Å². The first-order valence-corrected chi connectivity index (χ1v) is 8.77. The summed E-state index contributed by atoms with van der Waals surface area (Å²) in [5.41, 5.74) is 1.20. The molecule has 0 aliphatic carbocycles. The van der Waals surface area contributed by atoms with E-state index in [2.05, 4.69) is 5.32 Å². The van der Waals surface area contributed by atoms with Crippen LogP contribution in [0.15, 0.2) is 24.3 Å². The molecule has 2 atom stereocenters. The molecule has 0 aliphatic rings. The van der Waals surface area contributed by atoms with Crippen molar-refractivity contribution in [1.29, 1.82) is 0 Å². The van der Waals surface area contributed by atoms with E-state index in [0.717, 1.165) is 0 Å². The molecule has 0 radical (unpaired) electrons. The largest absolute Gasteiger partial charge is 0.494 e. The van der Waals surface area contributed by atoms with Crippen LogP contribution in [0.5, 0.6) is 5.75 Å². The number of hydrogen-bond acceptors (Lipinski definition) is 5. The first-order chi connectivity index (χ1) is 12.2. The lowest BCUT2D eigenvalue weighted by Gasteiger charge is -2.31. The molecule has 0 aromatic heterocycles. The van der Waals surface area contributed by atoms with Crippen LogP contribution in [0.4, 0.5) is 0 Å². The zero-order valence-corrected chi connectivity index (χ0v) is 16.0. The van der Waals surface area contributed by atoms with Crippen LogP contribution in [0.2, 0.25) is 5.02 Å². The van der Waals surface area contributed by atoms with Gasteiger partial charge in [-0.2, -0.15) is 0 Å². The number of benzene rings is 1. The number of aliphatic hydroxyl groups excluding tert-OH is 1. The Morgan fingerprint density at radius 2 is 1.85 bits per heavy atom. The number of hydroxylamine groups is 1. The minimum atomic E-state index is -0.703. The van der Waals surface area contributed by atoms with Crippen LogP contribution in [-0.2, 0) is 9.59 Å². The van der Waals surface area contributed by atoms with Gasteiger partial charge in [0, 0.05) is 17.4 Å². The standard InChI is InChI=1S/C18H27ClN2O5/c1-18(2,3)15(11-22)20-17(24)12(10-16(23)21-25)8-9-26-14-6-4-13(19)5-7-14/h4-7,12,15,22,25H,8-11H2,1-3H3,(H,20,24)(H,21,23)/t12-,15-/m1/s1. The SMILES string of the molecule is CC(C)(C)[C@@H](CO)NC(=O)[C@H](CCOc1ccc(Cl)cc1)CC(=O)NO. The smallest absolute Gasteiger partial charge is 0.244 e. The van der Waals surface area contributed by atoms with Gasteiger partial charge in [0.2, 0.25) is 11.8 Å². The van der Waals surface area contributed by atoms with Crippen LogP contribution in [-0.4, -0.2) is 41.4 Å². The molecule has 1 aromatic carbocycles. The highest BCUT2D eigenvalue weighted by Crippen LogP contribution is 2.21. The van der Waals surface area contributed by atoms with Crippen molar-refractivity contribution >= 4 is 23.4 Å². The fourth-order valence-corrected chi connectivity index (χ4v) is 2.40. The van der Waals surface area contributed by atoms with Crippen molar-refractivity contribution in [2.45, 2.75) is 39.7 Å². The van der Waals surface area contributed by atoms with E-state index in [1.807, 2.05) is 20.8 Å². The number of hydrogen-bond donors (Lipinski definition) is 4. The molecule has 26 heavy (non-hydrogen) atoms. The normalized spacial score (nSPS) is 13.6. The van der Waals surface area contributed by atoms with Gasteiger partial charge in [0.1, 0.15) is 5.75 Å². The lowest BCUT2D eigenvalue weighted by Crippen LogP contribution is -2.49. The predicted octanol–water partition coefficient (Wildman–Crippen LogP) is 2.14. The molecule has 4 N–H and O–H groups in total. The molecule has 7 nitrogen and oxygen atoms in total. The lowest BCUT2D eigenvalue weighted by atomic mass is 9.86. The zero-order chi connectivity index (χ0) is 19.7. The third kappa shape index (κ3) is 7.59. The maximum Gasteiger partial charge on any atom is 0.244 e. The Bertz CT molecular complexity index is 586. The Morgan fingerprint density at radius 1 is 1.23 bits per heavy atom. The minimum absolute atomic E-state index is 0.186. The second-order valence-corrected chi connectivity index (χ2v) is 7.57. The first-order valence-electron chi connectivity index (χ1n) is 8.40. The summed E-state index contributed by atoms with van der Waals surface area (Å²) in [5, 5.41) is 21.6. The van der Waals surface area contributed by atoms with Gasteiger partial charge in [-0.25, -0.2) is 5.48 Å². The number of halogens is 1. The Morgan fingerprint density at radius 3 is 2.35 bits per heavy atom. The van der Waals surface area contributed by atoms with Crippen molar-refractivity contribution in [3.05, 3.63) is 29.3 Å². The summed E-state index contributed by atoms with van der Waals surface area (Å²) in [6.45, 7) is 5.68. The molecule has 0 spiro atoms. The number of aliphatic hydroxyl groups is 1. The van der Waals surface area contributed by atoms with E-state index in [9.17, 15) is 14.7 Å². The topological polar surface area (TPSA) is 108 Å². The van der Waals surface area contributed by atoms with Gasteiger partial charge in [0.25, 0.3) is 0 Å². The van der Waals surface area contributed by atoms with Gasteiger partial charge in [-0.05, 0) is 36.1 Å². The minimum Gasteiger partial charge on any atom is -0.494 e. The fraction of sp³-hybridized carbons (Fsp3) is 0.556. The second kappa shape index (κ2) is 10.4. The summed E-state index contributed by atoms with van der Waals surface area (Å²) in [6.07, 6.45) is 0.0821. The van der Waals surface area contributed by atoms with E-state index >= 15 is 0 Å².